The number of hydrogen-bond acceptors (Lipinski definition) is 2. The van der Waals surface area contributed by atoms with Crippen LogP contribution in [0.15, 0.2) is 54.1 Å². The van der Waals surface area contributed by atoms with E-state index >= 15 is 0 Å². The van der Waals surface area contributed by atoms with E-state index in [0.29, 0.717) is 10.7 Å². The Morgan fingerprint density at radius 2 is 1.69 bits per heavy atom. The molecule has 4 nitrogen and oxygen atoms in total. The first kappa shape index (κ1) is 20.4. The highest BCUT2D eigenvalue weighted by molar-refractivity contribution is 6.30. The van der Waals surface area contributed by atoms with Crippen molar-refractivity contribution in [1.29, 1.82) is 5.26 Å². The molecule has 0 radical (unpaired) electrons. The van der Waals surface area contributed by atoms with Crippen molar-refractivity contribution in [3.8, 4) is 11.8 Å². The van der Waals surface area contributed by atoms with Gasteiger partial charge in [-0.25, -0.2) is 0 Å². The molecule has 0 bridgehead atoms. The maximum absolute atomic E-state index is 12.6. The minimum atomic E-state index is -0.452. The van der Waals surface area contributed by atoms with E-state index in [2.05, 4.69) is 35.9 Å². The summed E-state index contributed by atoms with van der Waals surface area (Å²) >= 11 is 5.87. The van der Waals surface area contributed by atoms with Gasteiger partial charge in [0.25, 0.3) is 5.91 Å². The molecule has 3 aromatic rings. The molecule has 0 atom stereocenters. The van der Waals surface area contributed by atoms with E-state index in [1.807, 2.05) is 32.0 Å². The van der Waals surface area contributed by atoms with Gasteiger partial charge in [0.15, 0.2) is 0 Å². The smallest absolute Gasteiger partial charge is 0.266 e. The lowest BCUT2D eigenvalue weighted by molar-refractivity contribution is -0.112. The van der Waals surface area contributed by atoms with Gasteiger partial charge in [-0.1, -0.05) is 29.8 Å². The number of amides is 1. The predicted octanol–water partition coefficient (Wildman–Crippen LogP) is 5.91. The maximum Gasteiger partial charge on any atom is 0.266 e. The molecule has 0 aliphatic heterocycles. The first-order chi connectivity index (χ1) is 13.8. The van der Waals surface area contributed by atoms with Crippen molar-refractivity contribution >= 4 is 29.3 Å². The van der Waals surface area contributed by atoms with Gasteiger partial charge >= 0.3 is 0 Å². The van der Waals surface area contributed by atoms with Crippen molar-refractivity contribution in [3.63, 3.8) is 0 Å². The Bertz CT molecular complexity index is 1130. The van der Waals surface area contributed by atoms with Gasteiger partial charge in [-0.2, -0.15) is 5.26 Å². The summed E-state index contributed by atoms with van der Waals surface area (Å²) in [5, 5.41) is 12.9. The highest BCUT2D eigenvalue weighted by Gasteiger charge is 2.16. The van der Waals surface area contributed by atoms with Crippen LogP contribution in [0, 0.1) is 39.0 Å². The Labute approximate surface area is 176 Å². The number of benzene rings is 2. The van der Waals surface area contributed by atoms with Gasteiger partial charge in [-0.05, 0) is 80.8 Å². The molecule has 1 amide bonds. The van der Waals surface area contributed by atoms with Crippen LogP contribution in [-0.2, 0) is 4.79 Å². The zero-order valence-electron chi connectivity index (χ0n) is 16.9. The zero-order chi connectivity index (χ0) is 21.1. The fourth-order valence-corrected chi connectivity index (χ4v) is 3.60. The second-order valence-electron chi connectivity index (χ2n) is 7.03. The Morgan fingerprint density at radius 1 is 1.07 bits per heavy atom. The lowest BCUT2D eigenvalue weighted by Gasteiger charge is -2.15. The highest BCUT2D eigenvalue weighted by Crippen LogP contribution is 2.27. The summed E-state index contributed by atoms with van der Waals surface area (Å²) in [5.41, 5.74) is 6.96. The predicted molar refractivity (Wildman–Crippen MR) is 118 cm³/mol. The van der Waals surface area contributed by atoms with Crippen LogP contribution >= 0.6 is 11.6 Å². The molecule has 1 heterocycles. The summed E-state index contributed by atoms with van der Waals surface area (Å²) in [6, 6.07) is 17.0. The number of halogens is 1. The number of para-hydroxylation sites is 1. The number of nitrogens with zero attached hydrogens (tertiary/aromatic N) is 2. The molecule has 0 aliphatic rings. The molecule has 29 heavy (non-hydrogen) atoms. The van der Waals surface area contributed by atoms with Gasteiger partial charge in [0, 0.05) is 22.1 Å². The van der Waals surface area contributed by atoms with E-state index < -0.39 is 5.91 Å². The fraction of sp³-hybridized carbons (Fsp3) is 0.167. The van der Waals surface area contributed by atoms with Gasteiger partial charge in [0.2, 0.25) is 0 Å². The van der Waals surface area contributed by atoms with Crippen LogP contribution in [0.25, 0.3) is 11.8 Å². The van der Waals surface area contributed by atoms with Crippen LogP contribution in [0.4, 0.5) is 5.69 Å². The third-order valence-corrected chi connectivity index (χ3v) is 5.15. The van der Waals surface area contributed by atoms with Crippen molar-refractivity contribution in [2.75, 3.05) is 5.32 Å². The number of carbonyl (C=O) groups excluding carboxylic acids is 1. The molecular formula is C24H22ClN3O. The summed E-state index contributed by atoms with van der Waals surface area (Å²) < 4.78 is 2.17. The zero-order valence-corrected chi connectivity index (χ0v) is 17.6. The third-order valence-electron chi connectivity index (χ3n) is 4.90. The number of rotatable bonds is 4. The van der Waals surface area contributed by atoms with Crippen molar-refractivity contribution in [1.82, 2.24) is 4.57 Å². The molecule has 0 spiro atoms. The molecule has 146 valence electrons. The lowest BCUT2D eigenvalue weighted by Crippen LogP contribution is -2.13. The largest absolute Gasteiger partial charge is 0.321 e. The third kappa shape index (κ3) is 4.26. The molecule has 0 unspecified atom stereocenters. The Morgan fingerprint density at radius 3 is 2.28 bits per heavy atom. The summed E-state index contributed by atoms with van der Waals surface area (Å²) in [6.07, 6.45) is 1.64. The average Bonchev–Trinajstić information content (AvgIpc) is 2.95. The first-order valence-corrected chi connectivity index (χ1v) is 9.64. The molecule has 1 aromatic heterocycles. The molecule has 0 saturated heterocycles. The van der Waals surface area contributed by atoms with Crippen LogP contribution in [0.1, 0.15) is 28.1 Å². The van der Waals surface area contributed by atoms with Gasteiger partial charge in [-0.15, -0.1) is 0 Å². The van der Waals surface area contributed by atoms with Gasteiger partial charge in [-0.3, -0.25) is 4.79 Å². The number of nitriles is 1. The first-order valence-electron chi connectivity index (χ1n) is 9.26. The Hall–Kier alpha value is -3.29. The Balaban J connectivity index is 1.98. The maximum atomic E-state index is 12.6. The van der Waals surface area contributed by atoms with E-state index in [4.69, 9.17) is 11.6 Å². The van der Waals surface area contributed by atoms with Crippen molar-refractivity contribution in [3.05, 3.63) is 87.2 Å². The van der Waals surface area contributed by atoms with E-state index in [9.17, 15) is 10.1 Å². The highest BCUT2D eigenvalue weighted by atomic mass is 35.5. The average molecular weight is 404 g/mol. The normalized spacial score (nSPS) is 11.2. The van der Waals surface area contributed by atoms with Gasteiger partial charge < -0.3 is 9.88 Å². The summed E-state index contributed by atoms with van der Waals surface area (Å²) in [4.78, 5) is 12.6. The summed E-state index contributed by atoms with van der Waals surface area (Å²) in [7, 11) is 0. The summed E-state index contributed by atoms with van der Waals surface area (Å²) in [5.74, 6) is -0.452. The van der Waals surface area contributed by atoms with Crippen molar-refractivity contribution in [2.45, 2.75) is 27.7 Å². The molecule has 3 rings (SSSR count). The molecule has 0 fully saturated rings. The van der Waals surface area contributed by atoms with Crippen LogP contribution in [-0.4, -0.2) is 10.5 Å². The minimum Gasteiger partial charge on any atom is -0.321 e. The number of nitrogens with one attached hydrogen (secondary N) is 1. The van der Waals surface area contributed by atoms with Crippen LogP contribution < -0.4 is 5.32 Å². The lowest BCUT2D eigenvalue weighted by atomic mass is 10.1. The van der Waals surface area contributed by atoms with E-state index in [0.717, 1.165) is 22.6 Å². The Kier molecular flexibility index (Phi) is 5.91. The van der Waals surface area contributed by atoms with Crippen molar-refractivity contribution < 1.29 is 4.79 Å². The van der Waals surface area contributed by atoms with Crippen LogP contribution in [0.5, 0.6) is 0 Å². The topological polar surface area (TPSA) is 57.8 Å². The van der Waals surface area contributed by atoms with Crippen LogP contribution in [0.3, 0.4) is 0 Å². The summed E-state index contributed by atoms with van der Waals surface area (Å²) in [6.45, 7) is 8.18. The minimum absolute atomic E-state index is 0.0432. The molecule has 2 aromatic carbocycles. The van der Waals surface area contributed by atoms with Crippen LogP contribution in [0.2, 0.25) is 5.02 Å². The number of carbonyl (C=O) groups is 1. The molecule has 0 saturated carbocycles. The number of aromatic nitrogens is 1. The second kappa shape index (κ2) is 8.38. The van der Waals surface area contributed by atoms with E-state index in [1.54, 1.807) is 30.3 Å². The van der Waals surface area contributed by atoms with E-state index in [1.165, 1.54) is 11.1 Å². The second-order valence-corrected chi connectivity index (χ2v) is 7.47. The van der Waals surface area contributed by atoms with Gasteiger partial charge in [0.05, 0.1) is 5.69 Å². The number of anilines is 1. The van der Waals surface area contributed by atoms with Gasteiger partial charge in [0.1, 0.15) is 11.6 Å². The molecule has 1 N–H and O–H groups in total. The fourth-order valence-electron chi connectivity index (χ4n) is 3.47. The molecular weight excluding hydrogens is 382 g/mol. The standard InChI is InChI=1S/C24H22ClN3O/c1-15-6-5-7-16(2)23(15)28-17(3)12-19(18(28)4)13-20(14-26)24(29)27-22-10-8-21(25)9-11-22/h5-13H,1-4H3,(H,27,29)/b20-13-. The van der Waals surface area contributed by atoms with E-state index in [-0.39, 0.29) is 5.57 Å². The monoisotopic (exact) mass is 403 g/mol. The number of aryl methyl sites for hydroxylation is 3. The van der Waals surface area contributed by atoms with Crippen molar-refractivity contribution in [2.24, 2.45) is 0 Å². The molecule has 0 aliphatic carbocycles. The molecule has 5 heteroatoms. The quantitative estimate of drug-likeness (QED) is 0.434. The SMILES string of the molecule is Cc1cccc(C)c1-n1c(C)cc(/C=C(/C#N)C(=O)Nc2ccc(Cl)cc2)c1C. The number of hydrogen-bond donors (Lipinski definition) is 1.